The number of carbonyl (C=O) groups is 1. The van der Waals surface area contributed by atoms with Crippen molar-refractivity contribution in [3.05, 3.63) is 18.1 Å². The van der Waals surface area contributed by atoms with E-state index in [0.717, 1.165) is 19.5 Å². The molecular weight excluding hydrogens is 170 g/mol. The first-order chi connectivity index (χ1) is 6.29. The molecule has 0 saturated carbocycles. The monoisotopic (exact) mass is 179 g/mol. The maximum Gasteiger partial charge on any atom is 0.358 e. The first-order valence-corrected chi connectivity index (χ1v) is 4.08. The van der Waals surface area contributed by atoms with Gasteiger partial charge in [0.05, 0.1) is 0 Å². The summed E-state index contributed by atoms with van der Waals surface area (Å²) in [6, 6.07) is 0. The molecule has 68 valence electrons. The van der Waals surface area contributed by atoms with E-state index in [1.54, 1.807) is 0 Å². The second-order valence-electron chi connectivity index (χ2n) is 2.87. The molecule has 0 spiro atoms. The number of rotatable bonds is 2. The van der Waals surface area contributed by atoms with E-state index in [0.29, 0.717) is 5.82 Å². The van der Waals surface area contributed by atoms with E-state index in [1.165, 1.54) is 12.4 Å². The summed E-state index contributed by atoms with van der Waals surface area (Å²) >= 11 is 0. The van der Waals surface area contributed by atoms with Crippen molar-refractivity contribution in [2.24, 2.45) is 0 Å². The van der Waals surface area contributed by atoms with Crippen LogP contribution in [0.3, 0.4) is 0 Å². The van der Waals surface area contributed by atoms with Gasteiger partial charge in [-0.15, -0.1) is 0 Å². The van der Waals surface area contributed by atoms with Gasteiger partial charge >= 0.3 is 5.97 Å². The highest BCUT2D eigenvalue weighted by Gasteiger charge is 2.22. The smallest absolute Gasteiger partial charge is 0.358 e. The van der Waals surface area contributed by atoms with Crippen LogP contribution in [0.2, 0.25) is 0 Å². The highest BCUT2D eigenvalue weighted by molar-refractivity contribution is 5.91. The molecule has 2 heterocycles. The van der Waals surface area contributed by atoms with Gasteiger partial charge < -0.3 is 10.0 Å². The molecule has 1 fully saturated rings. The minimum Gasteiger partial charge on any atom is -0.476 e. The summed E-state index contributed by atoms with van der Waals surface area (Å²) in [4.78, 5) is 20.4. The lowest BCUT2D eigenvalue weighted by molar-refractivity contribution is 0.0690. The molecule has 1 aromatic rings. The van der Waals surface area contributed by atoms with Gasteiger partial charge in [0.25, 0.3) is 0 Å². The molecule has 0 atom stereocenters. The van der Waals surface area contributed by atoms with Crippen molar-refractivity contribution >= 4 is 11.8 Å². The molecule has 0 bridgehead atoms. The fourth-order valence-electron chi connectivity index (χ4n) is 1.24. The Hall–Kier alpha value is -1.65. The lowest BCUT2D eigenvalue weighted by Crippen LogP contribution is -2.38. The Morgan fingerprint density at radius 2 is 2.08 bits per heavy atom. The number of carboxylic acids is 1. The molecule has 0 unspecified atom stereocenters. The van der Waals surface area contributed by atoms with Gasteiger partial charge in [-0.05, 0) is 6.42 Å². The van der Waals surface area contributed by atoms with E-state index in [1.807, 2.05) is 4.90 Å². The number of hydrogen-bond donors (Lipinski definition) is 1. The predicted molar refractivity (Wildman–Crippen MR) is 45.8 cm³/mol. The van der Waals surface area contributed by atoms with Crippen molar-refractivity contribution in [3.8, 4) is 0 Å². The van der Waals surface area contributed by atoms with E-state index in [4.69, 9.17) is 5.11 Å². The molecule has 1 saturated heterocycles. The fraction of sp³-hybridized carbons (Fsp3) is 0.375. The molecule has 0 amide bonds. The minimum atomic E-state index is -1.02. The molecule has 5 heteroatoms. The fourth-order valence-corrected chi connectivity index (χ4v) is 1.24. The van der Waals surface area contributed by atoms with Crippen LogP contribution in [-0.4, -0.2) is 34.1 Å². The second-order valence-corrected chi connectivity index (χ2v) is 2.87. The van der Waals surface area contributed by atoms with Gasteiger partial charge in [-0.2, -0.15) is 0 Å². The van der Waals surface area contributed by atoms with E-state index < -0.39 is 5.97 Å². The third kappa shape index (κ3) is 1.32. The number of nitrogens with zero attached hydrogens (tertiary/aromatic N) is 3. The summed E-state index contributed by atoms with van der Waals surface area (Å²) in [5.74, 6) is -0.531. The van der Waals surface area contributed by atoms with Crippen molar-refractivity contribution in [1.82, 2.24) is 9.97 Å². The van der Waals surface area contributed by atoms with Gasteiger partial charge in [-0.3, -0.25) is 0 Å². The summed E-state index contributed by atoms with van der Waals surface area (Å²) in [6.45, 7) is 1.75. The van der Waals surface area contributed by atoms with Gasteiger partial charge in [0.1, 0.15) is 0 Å². The van der Waals surface area contributed by atoms with Crippen molar-refractivity contribution in [1.29, 1.82) is 0 Å². The highest BCUT2D eigenvalue weighted by Crippen LogP contribution is 2.20. The van der Waals surface area contributed by atoms with Gasteiger partial charge in [0, 0.05) is 25.5 Å². The van der Waals surface area contributed by atoms with Crippen molar-refractivity contribution in [3.63, 3.8) is 0 Å². The van der Waals surface area contributed by atoms with Crippen LogP contribution < -0.4 is 4.90 Å². The maximum absolute atomic E-state index is 10.7. The third-order valence-electron chi connectivity index (χ3n) is 2.04. The second kappa shape index (κ2) is 3.01. The molecule has 1 aliphatic rings. The lowest BCUT2D eigenvalue weighted by Gasteiger charge is -2.32. The average molecular weight is 179 g/mol. The Kier molecular flexibility index (Phi) is 1.84. The van der Waals surface area contributed by atoms with Gasteiger partial charge in [-0.25, -0.2) is 14.8 Å². The van der Waals surface area contributed by atoms with Crippen molar-refractivity contribution in [2.45, 2.75) is 6.42 Å². The number of hydrogen-bond acceptors (Lipinski definition) is 4. The zero-order valence-corrected chi connectivity index (χ0v) is 6.97. The van der Waals surface area contributed by atoms with Crippen LogP contribution in [0, 0.1) is 0 Å². The predicted octanol–water partition coefficient (Wildman–Crippen LogP) is 0.385. The lowest BCUT2D eigenvalue weighted by atomic mass is 10.2. The van der Waals surface area contributed by atoms with Crippen LogP contribution >= 0.6 is 0 Å². The van der Waals surface area contributed by atoms with E-state index >= 15 is 0 Å². The van der Waals surface area contributed by atoms with Gasteiger partial charge in [-0.1, -0.05) is 0 Å². The SMILES string of the molecule is O=C(O)c1nccnc1N1CCC1. The largest absolute Gasteiger partial charge is 0.476 e. The van der Waals surface area contributed by atoms with E-state index in [9.17, 15) is 4.79 Å². The first kappa shape index (κ1) is 7.97. The Bertz CT molecular complexity index is 336. The van der Waals surface area contributed by atoms with Gasteiger partial charge in [0.15, 0.2) is 11.5 Å². The number of carboxylic acid groups (broad SMARTS) is 1. The Morgan fingerprint density at radius 1 is 1.38 bits per heavy atom. The molecule has 1 N–H and O–H groups in total. The first-order valence-electron chi connectivity index (χ1n) is 4.08. The molecule has 13 heavy (non-hydrogen) atoms. The van der Waals surface area contributed by atoms with Crippen LogP contribution in [0.15, 0.2) is 12.4 Å². The zero-order chi connectivity index (χ0) is 9.26. The molecular formula is C8H9N3O2. The Labute approximate surface area is 75.0 Å². The van der Waals surface area contributed by atoms with Crippen LogP contribution in [0.4, 0.5) is 5.82 Å². The number of anilines is 1. The summed E-state index contributed by atoms with van der Waals surface area (Å²) in [7, 11) is 0. The van der Waals surface area contributed by atoms with Crippen LogP contribution in [0.1, 0.15) is 16.9 Å². The molecule has 2 rings (SSSR count). The zero-order valence-electron chi connectivity index (χ0n) is 6.97. The molecule has 0 aliphatic carbocycles. The summed E-state index contributed by atoms with van der Waals surface area (Å²) in [5.41, 5.74) is 0.0437. The summed E-state index contributed by atoms with van der Waals surface area (Å²) in [5, 5.41) is 8.80. The van der Waals surface area contributed by atoms with Crippen LogP contribution in [0.5, 0.6) is 0 Å². The standard InChI is InChI=1S/C8H9N3O2/c12-8(13)6-7(10-3-2-9-6)11-4-1-5-11/h2-3H,1,4-5H2,(H,12,13). The van der Waals surface area contributed by atoms with E-state index in [-0.39, 0.29) is 5.69 Å². The normalized spacial score (nSPS) is 15.2. The van der Waals surface area contributed by atoms with Crippen molar-refractivity contribution < 1.29 is 9.90 Å². The number of aromatic carboxylic acids is 1. The Morgan fingerprint density at radius 3 is 2.62 bits per heavy atom. The highest BCUT2D eigenvalue weighted by atomic mass is 16.4. The van der Waals surface area contributed by atoms with Crippen LogP contribution in [0.25, 0.3) is 0 Å². The Balaban J connectivity index is 2.36. The van der Waals surface area contributed by atoms with E-state index in [2.05, 4.69) is 9.97 Å². The molecule has 0 radical (unpaired) electrons. The topological polar surface area (TPSA) is 66.3 Å². The molecule has 1 aromatic heterocycles. The molecule has 1 aliphatic heterocycles. The average Bonchev–Trinajstić information content (AvgIpc) is 2.02. The molecule has 5 nitrogen and oxygen atoms in total. The third-order valence-corrected chi connectivity index (χ3v) is 2.04. The molecule has 0 aromatic carbocycles. The van der Waals surface area contributed by atoms with Crippen LogP contribution in [-0.2, 0) is 0 Å². The quantitative estimate of drug-likeness (QED) is 0.711. The summed E-state index contributed by atoms with van der Waals surface area (Å²) in [6.07, 6.45) is 4.00. The van der Waals surface area contributed by atoms with Crippen molar-refractivity contribution in [2.75, 3.05) is 18.0 Å². The summed E-state index contributed by atoms with van der Waals surface area (Å²) < 4.78 is 0. The number of aromatic nitrogens is 2. The maximum atomic E-state index is 10.7. The minimum absolute atomic E-state index is 0.0437. The van der Waals surface area contributed by atoms with Gasteiger partial charge in [0.2, 0.25) is 0 Å².